The van der Waals surface area contributed by atoms with Gasteiger partial charge in [-0.15, -0.1) is 0 Å². The molecule has 0 atom stereocenters. The van der Waals surface area contributed by atoms with Gasteiger partial charge in [-0.3, -0.25) is 0 Å². The Kier molecular flexibility index (Phi) is 3.61. The Morgan fingerprint density at radius 2 is 2.12 bits per heavy atom. The highest BCUT2D eigenvalue weighted by atomic mass is 35.5. The van der Waals surface area contributed by atoms with Gasteiger partial charge in [0.2, 0.25) is 0 Å². The molecule has 0 saturated heterocycles. The van der Waals surface area contributed by atoms with Crippen molar-refractivity contribution in [1.29, 1.82) is 0 Å². The predicted molar refractivity (Wildman–Crippen MR) is 71.6 cm³/mol. The Hall–Kier alpha value is -1.58. The van der Waals surface area contributed by atoms with Crippen molar-refractivity contribution in [1.82, 2.24) is 4.98 Å². The molecule has 0 amide bonds. The third-order valence-corrected chi connectivity index (χ3v) is 3.04. The molecule has 0 aliphatic carbocycles. The molecule has 4 heteroatoms. The van der Waals surface area contributed by atoms with Gasteiger partial charge in [0, 0.05) is 29.0 Å². The fourth-order valence-electron chi connectivity index (χ4n) is 1.59. The van der Waals surface area contributed by atoms with E-state index in [9.17, 15) is 0 Å². The van der Waals surface area contributed by atoms with Crippen molar-refractivity contribution in [2.75, 3.05) is 5.32 Å². The molecule has 0 aliphatic rings. The molecule has 0 aliphatic heterocycles. The molecule has 0 bridgehead atoms. The molecule has 17 heavy (non-hydrogen) atoms. The van der Waals surface area contributed by atoms with Crippen molar-refractivity contribution in [2.45, 2.75) is 13.5 Å². The van der Waals surface area contributed by atoms with Crippen LogP contribution < -0.4 is 11.1 Å². The first-order chi connectivity index (χ1) is 8.22. The van der Waals surface area contributed by atoms with Gasteiger partial charge in [-0.05, 0) is 30.7 Å². The van der Waals surface area contributed by atoms with Crippen LogP contribution in [0.2, 0.25) is 5.02 Å². The van der Waals surface area contributed by atoms with Crippen molar-refractivity contribution in [3.8, 4) is 0 Å². The molecule has 3 nitrogen and oxygen atoms in total. The molecular weight excluding hydrogens is 234 g/mol. The van der Waals surface area contributed by atoms with E-state index in [-0.39, 0.29) is 0 Å². The number of anilines is 2. The topological polar surface area (TPSA) is 50.9 Å². The van der Waals surface area contributed by atoms with Crippen molar-refractivity contribution in [3.05, 3.63) is 52.7 Å². The molecule has 0 unspecified atom stereocenters. The van der Waals surface area contributed by atoms with Gasteiger partial charge in [0.1, 0.15) is 5.82 Å². The van der Waals surface area contributed by atoms with Gasteiger partial charge < -0.3 is 11.1 Å². The summed E-state index contributed by atoms with van der Waals surface area (Å²) in [4.78, 5) is 4.28. The van der Waals surface area contributed by atoms with Crippen LogP contribution in [0.5, 0.6) is 0 Å². The van der Waals surface area contributed by atoms with E-state index < -0.39 is 0 Å². The van der Waals surface area contributed by atoms with Crippen molar-refractivity contribution >= 4 is 23.1 Å². The number of pyridine rings is 1. The number of rotatable bonds is 3. The van der Waals surface area contributed by atoms with Crippen molar-refractivity contribution < 1.29 is 0 Å². The number of benzene rings is 1. The van der Waals surface area contributed by atoms with Gasteiger partial charge in [-0.2, -0.15) is 0 Å². The number of hydrogen-bond donors (Lipinski definition) is 2. The first-order valence-electron chi connectivity index (χ1n) is 5.38. The van der Waals surface area contributed by atoms with Gasteiger partial charge in [-0.1, -0.05) is 23.7 Å². The Labute approximate surface area is 106 Å². The summed E-state index contributed by atoms with van der Waals surface area (Å²) in [6.45, 7) is 2.42. The van der Waals surface area contributed by atoms with E-state index >= 15 is 0 Å². The molecular formula is C13H14ClN3. The quantitative estimate of drug-likeness (QED) is 0.876. The lowest BCUT2D eigenvalue weighted by Crippen LogP contribution is -2.04. The highest BCUT2D eigenvalue weighted by molar-refractivity contribution is 6.31. The molecule has 2 rings (SSSR count). The summed E-state index contributed by atoms with van der Waals surface area (Å²) in [6, 6.07) is 9.57. The molecule has 3 N–H and O–H groups in total. The SMILES string of the molecule is Cc1c(Cl)cccc1Nc1ncccc1CN. The first-order valence-corrected chi connectivity index (χ1v) is 5.76. The summed E-state index contributed by atoms with van der Waals surface area (Å²) in [7, 11) is 0. The normalized spacial score (nSPS) is 10.3. The Balaban J connectivity index is 2.35. The van der Waals surface area contributed by atoms with Crippen LogP contribution in [0.15, 0.2) is 36.5 Å². The average Bonchev–Trinajstić information content (AvgIpc) is 2.35. The van der Waals surface area contributed by atoms with Gasteiger partial charge in [-0.25, -0.2) is 4.98 Å². The molecule has 2 aromatic rings. The summed E-state index contributed by atoms with van der Waals surface area (Å²) < 4.78 is 0. The number of halogens is 1. The minimum Gasteiger partial charge on any atom is -0.340 e. The van der Waals surface area contributed by atoms with Crippen LogP contribution in [0.3, 0.4) is 0 Å². The molecule has 0 spiro atoms. The monoisotopic (exact) mass is 247 g/mol. The second-order valence-electron chi connectivity index (χ2n) is 3.75. The van der Waals surface area contributed by atoms with E-state index in [0.717, 1.165) is 27.7 Å². The van der Waals surface area contributed by atoms with E-state index in [0.29, 0.717) is 6.54 Å². The molecule has 1 aromatic carbocycles. The number of nitrogens with zero attached hydrogens (tertiary/aromatic N) is 1. The van der Waals surface area contributed by atoms with E-state index in [1.807, 2.05) is 37.3 Å². The highest BCUT2D eigenvalue weighted by Gasteiger charge is 2.05. The lowest BCUT2D eigenvalue weighted by Gasteiger charge is -2.12. The first kappa shape index (κ1) is 11.9. The minimum atomic E-state index is 0.454. The number of hydrogen-bond acceptors (Lipinski definition) is 3. The van der Waals surface area contributed by atoms with Crippen LogP contribution in [0.1, 0.15) is 11.1 Å². The maximum atomic E-state index is 6.07. The lowest BCUT2D eigenvalue weighted by molar-refractivity contribution is 1.05. The van der Waals surface area contributed by atoms with Crippen LogP contribution in [0, 0.1) is 6.92 Å². The number of nitrogens with two attached hydrogens (primary N) is 1. The summed E-state index contributed by atoms with van der Waals surface area (Å²) in [5.41, 5.74) is 8.60. The van der Waals surface area contributed by atoms with Gasteiger partial charge in [0.25, 0.3) is 0 Å². The second kappa shape index (κ2) is 5.17. The van der Waals surface area contributed by atoms with E-state index in [2.05, 4.69) is 10.3 Å². The largest absolute Gasteiger partial charge is 0.340 e. The lowest BCUT2D eigenvalue weighted by atomic mass is 10.2. The number of nitrogens with one attached hydrogen (secondary N) is 1. The zero-order valence-electron chi connectivity index (χ0n) is 9.57. The summed E-state index contributed by atoms with van der Waals surface area (Å²) in [5, 5.41) is 3.99. The molecule has 1 aromatic heterocycles. The van der Waals surface area contributed by atoms with Crippen molar-refractivity contribution in [2.24, 2.45) is 5.73 Å². The predicted octanol–water partition coefficient (Wildman–Crippen LogP) is 3.25. The highest BCUT2D eigenvalue weighted by Crippen LogP contribution is 2.26. The van der Waals surface area contributed by atoms with Gasteiger partial charge in [0.15, 0.2) is 0 Å². The molecule has 0 saturated carbocycles. The van der Waals surface area contributed by atoms with E-state index in [1.165, 1.54) is 0 Å². The standard InChI is InChI=1S/C13H14ClN3/c1-9-11(14)5-2-6-12(9)17-13-10(8-15)4-3-7-16-13/h2-7H,8,15H2,1H3,(H,16,17). The van der Waals surface area contributed by atoms with Crippen molar-refractivity contribution in [3.63, 3.8) is 0 Å². The van der Waals surface area contributed by atoms with Gasteiger partial charge >= 0.3 is 0 Å². The zero-order chi connectivity index (χ0) is 12.3. The molecule has 1 heterocycles. The summed E-state index contributed by atoms with van der Waals surface area (Å²) in [6.07, 6.45) is 1.74. The van der Waals surface area contributed by atoms with Gasteiger partial charge in [0.05, 0.1) is 0 Å². The van der Waals surface area contributed by atoms with E-state index in [4.69, 9.17) is 17.3 Å². The van der Waals surface area contributed by atoms with E-state index in [1.54, 1.807) is 6.20 Å². The molecule has 0 fully saturated rings. The smallest absolute Gasteiger partial charge is 0.134 e. The minimum absolute atomic E-state index is 0.454. The Bertz CT molecular complexity index is 526. The molecule has 88 valence electrons. The maximum absolute atomic E-state index is 6.07. The fraction of sp³-hybridized carbons (Fsp3) is 0.154. The summed E-state index contributed by atoms with van der Waals surface area (Å²) >= 11 is 6.07. The van der Waals surface area contributed by atoms with Crippen LogP contribution in [-0.4, -0.2) is 4.98 Å². The second-order valence-corrected chi connectivity index (χ2v) is 4.16. The Morgan fingerprint density at radius 1 is 1.29 bits per heavy atom. The zero-order valence-corrected chi connectivity index (χ0v) is 10.3. The summed E-state index contributed by atoms with van der Waals surface area (Å²) in [5.74, 6) is 0.778. The van der Waals surface area contributed by atoms with Crippen LogP contribution >= 0.6 is 11.6 Å². The van der Waals surface area contributed by atoms with Crippen LogP contribution in [-0.2, 0) is 6.54 Å². The Morgan fingerprint density at radius 3 is 2.88 bits per heavy atom. The van der Waals surface area contributed by atoms with Crippen LogP contribution in [0.25, 0.3) is 0 Å². The van der Waals surface area contributed by atoms with Crippen LogP contribution in [0.4, 0.5) is 11.5 Å². The third-order valence-electron chi connectivity index (χ3n) is 2.63. The average molecular weight is 248 g/mol. The maximum Gasteiger partial charge on any atom is 0.134 e. The number of aromatic nitrogens is 1. The molecule has 0 radical (unpaired) electrons. The third kappa shape index (κ3) is 2.57. The fourth-order valence-corrected chi connectivity index (χ4v) is 1.76.